The molecule has 29 heavy (non-hydrogen) atoms. The molecule has 0 aliphatic carbocycles. The molecule has 0 atom stereocenters. The number of halogens is 1. The Morgan fingerprint density at radius 2 is 1.79 bits per heavy atom. The molecule has 0 spiro atoms. The van der Waals surface area contributed by atoms with E-state index in [1.54, 1.807) is 29.2 Å². The van der Waals surface area contributed by atoms with Crippen molar-refractivity contribution in [2.24, 2.45) is 0 Å². The van der Waals surface area contributed by atoms with E-state index >= 15 is 0 Å². The lowest BCUT2D eigenvalue weighted by atomic mass is 10.2. The van der Waals surface area contributed by atoms with Crippen LogP contribution in [0.15, 0.2) is 53.4 Å². The molecule has 2 aromatic carbocycles. The zero-order chi connectivity index (χ0) is 20.6. The van der Waals surface area contributed by atoms with Crippen molar-refractivity contribution in [2.45, 2.75) is 4.90 Å². The fourth-order valence-corrected chi connectivity index (χ4v) is 5.01. The summed E-state index contributed by atoms with van der Waals surface area (Å²) in [6.45, 7) is 0.693. The molecule has 0 saturated carbocycles. The average Bonchev–Trinajstić information content (AvgIpc) is 3.16. The molecule has 1 N–H and O–H groups in total. The smallest absolute Gasteiger partial charge is 0.270 e. The minimum absolute atomic E-state index is 0.0279. The topological polar surface area (TPSA) is 97.3 Å². The molecule has 0 bridgehead atoms. The Kier molecular flexibility index (Phi) is 4.82. The summed E-state index contributed by atoms with van der Waals surface area (Å²) in [5.41, 5.74) is 1.08. The summed E-state index contributed by atoms with van der Waals surface area (Å²) in [5, 5.41) is 9.78. The van der Waals surface area contributed by atoms with E-state index in [4.69, 9.17) is 0 Å². The molecule has 0 unspecified atom stereocenters. The van der Waals surface area contributed by atoms with Crippen molar-refractivity contribution in [1.29, 1.82) is 5.26 Å². The molecule has 2 heterocycles. The Hall–Kier alpha value is -3.22. The van der Waals surface area contributed by atoms with E-state index in [-0.39, 0.29) is 48.4 Å². The summed E-state index contributed by atoms with van der Waals surface area (Å²) in [6, 6.07) is 13.8. The number of nitriles is 1. The summed E-state index contributed by atoms with van der Waals surface area (Å²) >= 11 is 0. The van der Waals surface area contributed by atoms with Crippen LogP contribution >= 0.6 is 0 Å². The van der Waals surface area contributed by atoms with E-state index in [0.717, 1.165) is 0 Å². The summed E-state index contributed by atoms with van der Waals surface area (Å²) in [4.78, 5) is 17.3. The maximum Gasteiger partial charge on any atom is 0.270 e. The second kappa shape index (κ2) is 7.31. The van der Waals surface area contributed by atoms with Gasteiger partial charge in [0.2, 0.25) is 10.0 Å². The monoisotopic (exact) mass is 412 g/mol. The van der Waals surface area contributed by atoms with Crippen molar-refractivity contribution in [3.05, 3.63) is 65.6 Å². The van der Waals surface area contributed by atoms with Gasteiger partial charge in [-0.3, -0.25) is 4.79 Å². The quantitative estimate of drug-likeness (QED) is 0.714. The lowest BCUT2D eigenvalue weighted by Crippen LogP contribution is -2.50. The van der Waals surface area contributed by atoms with Crippen LogP contribution in [0, 0.1) is 17.1 Å². The van der Waals surface area contributed by atoms with Gasteiger partial charge >= 0.3 is 0 Å². The van der Waals surface area contributed by atoms with Crippen molar-refractivity contribution in [2.75, 3.05) is 26.2 Å². The highest BCUT2D eigenvalue weighted by atomic mass is 32.2. The van der Waals surface area contributed by atoms with Crippen molar-refractivity contribution in [3.8, 4) is 6.07 Å². The molecule has 1 aromatic heterocycles. The highest BCUT2D eigenvalue weighted by Crippen LogP contribution is 2.22. The van der Waals surface area contributed by atoms with Gasteiger partial charge in [-0.15, -0.1) is 0 Å². The van der Waals surface area contributed by atoms with E-state index in [0.29, 0.717) is 16.6 Å². The van der Waals surface area contributed by atoms with Gasteiger partial charge in [-0.25, -0.2) is 12.8 Å². The maximum atomic E-state index is 13.4. The van der Waals surface area contributed by atoms with E-state index in [9.17, 15) is 22.9 Å². The lowest BCUT2D eigenvalue weighted by molar-refractivity contribution is 0.0693. The number of fused-ring (bicyclic) bond motifs is 1. The Labute approximate surface area is 167 Å². The molecule has 1 amide bonds. The average molecular weight is 412 g/mol. The molecule has 4 rings (SSSR count). The normalized spacial score (nSPS) is 15.4. The van der Waals surface area contributed by atoms with Gasteiger partial charge in [-0.1, -0.05) is 12.1 Å². The number of sulfonamides is 1. The number of rotatable bonds is 3. The van der Waals surface area contributed by atoms with Crippen molar-refractivity contribution >= 4 is 26.8 Å². The third-order valence-corrected chi connectivity index (χ3v) is 6.92. The minimum atomic E-state index is -3.82. The fourth-order valence-electron chi connectivity index (χ4n) is 3.44. The van der Waals surface area contributed by atoms with Crippen molar-refractivity contribution < 1.29 is 17.6 Å². The summed E-state index contributed by atoms with van der Waals surface area (Å²) in [7, 11) is -3.82. The van der Waals surface area contributed by atoms with Gasteiger partial charge in [-0.2, -0.15) is 9.57 Å². The fraction of sp³-hybridized carbons (Fsp3) is 0.200. The van der Waals surface area contributed by atoms with Crippen LogP contribution in [-0.4, -0.2) is 54.7 Å². The largest absolute Gasteiger partial charge is 0.351 e. The number of aromatic amines is 1. The van der Waals surface area contributed by atoms with Crippen LogP contribution in [-0.2, 0) is 10.0 Å². The SMILES string of the molecule is N#Cc1ccccc1S(=O)(=O)N1CCN(C(=O)c2cc3cc(F)ccc3[nH]2)CC1. The predicted octanol–water partition coefficient (Wildman–Crippen LogP) is 2.33. The Morgan fingerprint density at radius 3 is 2.52 bits per heavy atom. The summed E-state index contributed by atoms with van der Waals surface area (Å²) in [5.74, 6) is -0.650. The highest BCUT2D eigenvalue weighted by Gasteiger charge is 2.32. The maximum absolute atomic E-state index is 13.4. The Bertz CT molecular complexity index is 1240. The first-order valence-corrected chi connectivity index (χ1v) is 10.4. The van der Waals surface area contributed by atoms with Crippen molar-refractivity contribution in [3.63, 3.8) is 0 Å². The number of benzene rings is 2. The van der Waals surface area contributed by atoms with Gasteiger partial charge in [0.25, 0.3) is 5.91 Å². The summed E-state index contributed by atoms with van der Waals surface area (Å²) < 4.78 is 40.4. The van der Waals surface area contributed by atoms with Gasteiger partial charge in [-0.05, 0) is 36.4 Å². The van der Waals surface area contributed by atoms with Crippen LogP contribution in [0.25, 0.3) is 10.9 Å². The first-order valence-electron chi connectivity index (χ1n) is 8.97. The minimum Gasteiger partial charge on any atom is -0.351 e. The molecule has 1 fully saturated rings. The molecule has 0 radical (unpaired) electrons. The van der Waals surface area contributed by atoms with Gasteiger partial charge in [0.1, 0.15) is 17.6 Å². The molecular weight excluding hydrogens is 395 g/mol. The Morgan fingerprint density at radius 1 is 1.07 bits per heavy atom. The molecule has 7 nitrogen and oxygen atoms in total. The number of amides is 1. The van der Waals surface area contributed by atoms with Crippen LogP contribution in [0.4, 0.5) is 4.39 Å². The molecular formula is C20H17FN4O3S. The zero-order valence-electron chi connectivity index (χ0n) is 15.3. The molecule has 3 aromatic rings. The third kappa shape index (κ3) is 3.48. The van der Waals surface area contributed by atoms with Gasteiger partial charge < -0.3 is 9.88 Å². The predicted molar refractivity (Wildman–Crippen MR) is 104 cm³/mol. The van der Waals surface area contributed by atoms with Crippen LogP contribution in [0.1, 0.15) is 16.1 Å². The molecule has 1 saturated heterocycles. The second-order valence-corrected chi connectivity index (χ2v) is 8.63. The van der Waals surface area contributed by atoms with Crippen LogP contribution in [0.5, 0.6) is 0 Å². The molecule has 1 aliphatic heterocycles. The number of piperazine rings is 1. The van der Waals surface area contributed by atoms with Crippen LogP contribution in [0.2, 0.25) is 0 Å². The number of nitrogens with one attached hydrogen (secondary N) is 1. The number of hydrogen-bond acceptors (Lipinski definition) is 4. The first-order chi connectivity index (χ1) is 13.9. The molecule has 1 aliphatic rings. The standard InChI is InChI=1S/C20H17FN4O3S/c21-16-5-6-17-15(11-16)12-18(23-17)20(26)24-7-9-25(10-8-24)29(27,28)19-4-2-1-3-14(19)13-22/h1-6,11-12,23H,7-10H2. The molecule has 148 valence electrons. The summed E-state index contributed by atoms with van der Waals surface area (Å²) in [6.07, 6.45) is 0. The van der Waals surface area contributed by atoms with Crippen LogP contribution < -0.4 is 0 Å². The van der Waals surface area contributed by atoms with E-state index in [1.165, 1.54) is 28.6 Å². The third-order valence-electron chi connectivity index (χ3n) is 4.96. The van der Waals surface area contributed by atoms with E-state index in [1.807, 2.05) is 6.07 Å². The molecule has 9 heteroatoms. The number of H-pyrrole nitrogens is 1. The van der Waals surface area contributed by atoms with Crippen molar-refractivity contribution in [1.82, 2.24) is 14.2 Å². The Balaban J connectivity index is 1.50. The van der Waals surface area contributed by atoms with Gasteiger partial charge in [0.05, 0.1) is 10.5 Å². The number of hydrogen-bond donors (Lipinski definition) is 1. The van der Waals surface area contributed by atoms with Gasteiger partial charge in [0.15, 0.2) is 0 Å². The van der Waals surface area contributed by atoms with E-state index in [2.05, 4.69) is 4.98 Å². The second-order valence-electron chi connectivity index (χ2n) is 6.72. The van der Waals surface area contributed by atoms with Crippen LogP contribution in [0.3, 0.4) is 0 Å². The number of aromatic nitrogens is 1. The zero-order valence-corrected chi connectivity index (χ0v) is 16.1. The lowest BCUT2D eigenvalue weighted by Gasteiger charge is -2.33. The van der Waals surface area contributed by atoms with E-state index < -0.39 is 10.0 Å². The number of carbonyl (C=O) groups excluding carboxylic acids is 1. The highest BCUT2D eigenvalue weighted by molar-refractivity contribution is 7.89. The number of carbonyl (C=O) groups is 1. The first kappa shape index (κ1) is 19.1. The van der Waals surface area contributed by atoms with Gasteiger partial charge in [0, 0.05) is 37.1 Å². The number of nitrogens with zero attached hydrogens (tertiary/aromatic N) is 3.